The molecule has 0 spiro atoms. The molecule has 3 amide bonds. The summed E-state index contributed by atoms with van der Waals surface area (Å²) in [6.45, 7) is 5.10. The Hall–Kier alpha value is -3.23. The highest BCUT2D eigenvalue weighted by Gasteiger charge is 2.24. The number of carbonyl (C=O) groups is 3. The van der Waals surface area contributed by atoms with E-state index in [0.29, 0.717) is 43.3 Å². The van der Waals surface area contributed by atoms with Crippen LogP contribution in [0.15, 0.2) is 28.9 Å². The van der Waals surface area contributed by atoms with Gasteiger partial charge in [-0.3, -0.25) is 19.4 Å². The standard InChI is InChI=1S/C17H19N5O4/c1-11-9-15(20-26-11)19-16(24)13-3-4-18-14(10-13)17(25)22-7-5-21(6-8-22)12(2)23/h3-4,9-10H,5-8H2,1-2H3,(H,19,20,24). The Bertz CT molecular complexity index is 839. The monoisotopic (exact) mass is 357 g/mol. The maximum Gasteiger partial charge on any atom is 0.272 e. The molecule has 1 aliphatic heterocycles. The van der Waals surface area contributed by atoms with Crippen LogP contribution in [0.1, 0.15) is 33.5 Å². The SMILES string of the molecule is CC(=O)N1CCN(C(=O)c2cc(C(=O)Nc3cc(C)on3)ccn2)CC1. The molecule has 0 bridgehead atoms. The Kier molecular flexibility index (Phi) is 4.97. The van der Waals surface area contributed by atoms with Gasteiger partial charge in [0.2, 0.25) is 5.91 Å². The molecule has 1 fully saturated rings. The summed E-state index contributed by atoms with van der Waals surface area (Å²) < 4.78 is 4.90. The topological polar surface area (TPSA) is 109 Å². The molecule has 1 N–H and O–H groups in total. The van der Waals surface area contributed by atoms with Gasteiger partial charge in [-0.1, -0.05) is 5.16 Å². The first-order chi connectivity index (χ1) is 12.4. The van der Waals surface area contributed by atoms with Crippen molar-refractivity contribution in [1.29, 1.82) is 0 Å². The van der Waals surface area contributed by atoms with Gasteiger partial charge in [0.05, 0.1) is 0 Å². The van der Waals surface area contributed by atoms with Gasteiger partial charge >= 0.3 is 0 Å². The summed E-state index contributed by atoms with van der Waals surface area (Å²) in [6, 6.07) is 4.56. The van der Waals surface area contributed by atoms with Crippen molar-refractivity contribution in [2.45, 2.75) is 13.8 Å². The second-order valence-corrected chi connectivity index (χ2v) is 6.00. The quantitative estimate of drug-likeness (QED) is 0.875. The van der Waals surface area contributed by atoms with E-state index in [1.807, 2.05) is 0 Å². The van der Waals surface area contributed by atoms with E-state index in [1.165, 1.54) is 25.3 Å². The Labute approximate surface area is 150 Å². The first-order valence-electron chi connectivity index (χ1n) is 8.19. The molecule has 0 saturated carbocycles. The van der Waals surface area contributed by atoms with Crippen LogP contribution in [0, 0.1) is 6.92 Å². The van der Waals surface area contributed by atoms with Crippen molar-refractivity contribution in [3.8, 4) is 0 Å². The number of piperazine rings is 1. The number of anilines is 1. The highest BCUT2D eigenvalue weighted by molar-refractivity contribution is 6.05. The summed E-state index contributed by atoms with van der Waals surface area (Å²) in [5, 5.41) is 6.31. The van der Waals surface area contributed by atoms with Gasteiger partial charge in [0.15, 0.2) is 5.82 Å². The maximum absolute atomic E-state index is 12.6. The molecule has 1 aliphatic rings. The molecule has 3 rings (SSSR count). The molecule has 2 aromatic rings. The zero-order valence-electron chi connectivity index (χ0n) is 14.6. The number of carbonyl (C=O) groups excluding carboxylic acids is 3. The zero-order valence-corrected chi connectivity index (χ0v) is 14.6. The van der Waals surface area contributed by atoms with Crippen LogP contribution in [0.4, 0.5) is 5.82 Å². The number of rotatable bonds is 3. The highest BCUT2D eigenvalue weighted by atomic mass is 16.5. The predicted molar refractivity (Wildman–Crippen MR) is 91.6 cm³/mol. The third kappa shape index (κ3) is 3.88. The van der Waals surface area contributed by atoms with Gasteiger partial charge in [-0.25, -0.2) is 0 Å². The van der Waals surface area contributed by atoms with Crippen molar-refractivity contribution < 1.29 is 18.9 Å². The van der Waals surface area contributed by atoms with Gasteiger partial charge in [-0.15, -0.1) is 0 Å². The van der Waals surface area contributed by atoms with Crippen LogP contribution in [0.2, 0.25) is 0 Å². The van der Waals surface area contributed by atoms with Crippen molar-refractivity contribution in [1.82, 2.24) is 19.9 Å². The molecule has 9 nitrogen and oxygen atoms in total. The minimum atomic E-state index is -0.406. The molecule has 136 valence electrons. The van der Waals surface area contributed by atoms with Gasteiger partial charge in [-0.2, -0.15) is 0 Å². The van der Waals surface area contributed by atoms with Crippen LogP contribution in [0.5, 0.6) is 0 Å². The molecule has 1 saturated heterocycles. The molecule has 26 heavy (non-hydrogen) atoms. The van der Waals surface area contributed by atoms with Gasteiger partial charge < -0.3 is 19.6 Å². The number of aromatic nitrogens is 2. The van der Waals surface area contributed by atoms with E-state index < -0.39 is 5.91 Å². The fraction of sp³-hybridized carbons (Fsp3) is 0.353. The van der Waals surface area contributed by atoms with Crippen LogP contribution in [0.25, 0.3) is 0 Å². The lowest BCUT2D eigenvalue weighted by Crippen LogP contribution is -2.50. The predicted octanol–water partition coefficient (Wildman–Crippen LogP) is 0.935. The average molecular weight is 357 g/mol. The number of amides is 3. The van der Waals surface area contributed by atoms with Crippen LogP contribution in [0.3, 0.4) is 0 Å². The number of nitrogens with zero attached hydrogens (tertiary/aromatic N) is 4. The van der Waals surface area contributed by atoms with Crippen LogP contribution < -0.4 is 5.32 Å². The molecule has 0 radical (unpaired) electrons. The van der Waals surface area contributed by atoms with E-state index in [4.69, 9.17) is 4.52 Å². The maximum atomic E-state index is 12.6. The number of hydrogen-bond acceptors (Lipinski definition) is 6. The number of aryl methyl sites for hydroxylation is 1. The molecule has 3 heterocycles. The molecule has 9 heteroatoms. The second kappa shape index (κ2) is 7.34. The van der Waals surface area contributed by atoms with Gasteiger partial charge in [0.25, 0.3) is 11.8 Å². The number of nitrogens with one attached hydrogen (secondary N) is 1. The lowest BCUT2D eigenvalue weighted by Gasteiger charge is -2.34. The van der Waals surface area contributed by atoms with E-state index >= 15 is 0 Å². The lowest BCUT2D eigenvalue weighted by atomic mass is 10.2. The van der Waals surface area contributed by atoms with Crippen LogP contribution >= 0.6 is 0 Å². The Morgan fingerprint density at radius 1 is 1.12 bits per heavy atom. The molecule has 0 aliphatic carbocycles. The van der Waals surface area contributed by atoms with E-state index in [9.17, 15) is 14.4 Å². The molecule has 0 atom stereocenters. The summed E-state index contributed by atoms with van der Waals surface area (Å²) in [6.07, 6.45) is 1.42. The molecular formula is C17H19N5O4. The Balaban J connectivity index is 1.67. The van der Waals surface area contributed by atoms with Crippen molar-refractivity contribution >= 4 is 23.5 Å². The first kappa shape index (κ1) is 17.6. The summed E-state index contributed by atoms with van der Waals surface area (Å²) in [4.78, 5) is 43.7. The van der Waals surface area contributed by atoms with Crippen LogP contribution in [-0.4, -0.2) is 63.8 Å². The van der Waals surface area contributed by atoms with E-state index in [2.05, 4.69) is 15.5 Å². The first-order valence-corrected chi connectivity index (χ1v) is 8.19. The Morgan fingerprint density at radius 3 is 2.42 bits per heavy atom. The molecule has 0 aromatic carbocycles. The average Bonchev–Trinajstić information content (AvgIpc) is 3.06. The van der Waals surface area contributed by atoms with Crippen LogP contribution in [-0.2, 0) is 4.79 Å². The van der Waals surface area contributed by atoms with E-state index in [0.717, 1.165) is 0 Å². The lowest BCUT2D eigenvalue weighted by molar-refractivity contribution is -0.130. The largest absolute Gasteiger partial charge is 0.360 e. The van der Waals surface area contributed by atoms with Gasteiger partial charge in [0.1, 0.15) is 11.5 Å². The summed E-state index contributed by atoms with van der Waals surface area (Å²) in [5.74, 6) is 0.210. The number of hydrogen-bond donors (Lipinski definition) is 1. The van der Waals surface area contributed by atoms with E-state index in [-0.39, 0.29) is 17.5 Å². The Morgan fingerprint density at radius 2 is 1.81 bits per heavy atom. The summed E-state index contributed by atoms with van der Waals surface area (Å²) in [5.41, 5.74) is 0.483. The van der Waals surface area contributed by atoms with Crippen molar-refractivity contribution in [3.63, 3.8) is 0 Å². The molecular weight excluding hydrogens is 338 g/mol. The highest BCUT2D eigenvalue weighted by Crippen LogP contribution is 2.12. The third-order valence-corrected chi connectivity index (χ3v) is 4.12. The molecule has 2 aromatic heterocycles. The summed E-state index contributed by atoms with van der Waals surface area (Å²) >= 11 is 0. The van der Waals surface area contributed by atoms with Crippen molar-refractivity contribution in [2.24, 2.45) is 0 Å². The smallest absolute Gasteiger partial charge is 0.272 e. The fourth-order valence-corrected chi connectivity index (χ4v) is 2.69. The normalized spacial score (nSPS) is 14.2. The second-order valence-electron chi connectivity index (χ2n) is 6.00. The van der Waals surface area contributed by atoms with Crippen molar-refractivity contribution in [3.05, 3.63) is 41.4 Å². The van der Waals surface area contributed by atoms with E-state index in [1.54, 1.807) is 22.8 Å². The number of pyridine rings is 1. The zero-order chi connectivity index (χ0) is 18.7. The summed E-state index contributed by atoms with van der Waals surface area (Å²) in [7, 11) is 0. The van der Waals surface area contributed by atoms with Gasteiger partial charge in [-0.05, 0) is 19.1 Å². The minimum Gasteiger partial charge on any atom is -0.360 e. The fourth-order valence-electron chi connectivity index (χ4n) is 2.69. The van der Waals surface area contributed by atoms with Gasteiger partial charge in [0, 0.05) is 50.9 Å². The van der Waals surface area contributed by atoms with Crippen molar-refractivity contribution in [2.75, 3.05) is 31.5 Å². The molecule has 0 unspecified atom stereocenters. The minimum absolute atomic E-state index is 0.00279. The third-order valence-electron chi connectivity index (χ3n) is 4.12.